The van der Waals surface area contributed by atoms with Gasteiger partial charge in [0.15, 0.2) is 5.82 Å². The van der Waals surface area contributed by atoms with Crippen LogP contribution in [0.4, 0.5) is 0 Å². The quantitative estimate of drug-likeness (QED) is 0.786. The van der Waals surface area contributed by atoms with Crippen LogP contribution in [0.15, 0.2) is 0 Å². The average Bonchev–Trinajstić information content (AvgIpc) is 2.87. The Morgan fingerprint density at radius 1 is 1.59 bits per heavy atom. The van der Waals surface area contributed by atoms with Crippen LogP contribution in [0.25, 0.3) is 0 Å². The minimum Gasteiger partial charge on any atom is -0.338 e. The molecule has 1 amide bonds. The zero-order chi connectivity index (χ0) is 12.4. The van der Waals surface area contributed by atoms with Gasteiger partial charge in [-0.25, -0.2) is 4.98 Å². The van der Waals surface area contributed by atoms with E-state index >= 15 is 0 Å². The number of aromatic amines is 1. The van der Waals surface area contributed by atoms with Crippen LogP contribution in [-0.2, 0) is 11.3 Å². The third-order valence-electron chi connectivity index (χ3n) is 3.22. The monoisotopic (exact) mass is 237 g/mol. The number of aromatic nitrogens is 3. The van der Waals surface area contributed by atoms with Crippen LogP contribution in [0.5, 0.6) is 0 Å². The Hall–Kier alpha value is -1.43. The van der Waals surface area contributed by atoms with E-state index in [2.05, 4.69) is 15.2 Å². The average molecular weight is 237 g/mol. The minimum atomic E-state index is 0.0787. The summed E-state index contributed by atoms with van der Waals surface area (Å²) in [5, 5.41) is 6.80. The van der Waals surface area contributed by atoms with Gasteiger partial charge in [-0.3, -0.25) is 9.89 Å². The van der Waals surface area contributed by atoms with E-state index in [1.165, 1.54) is 0 Å². The molecule has 6 nitrogen and oxygen atoms in total. The molecule has 1 aromatic rings. The molecule has 1 saturated carbocycles. The Kier molecular flexibility index (Phi) is 3.42. The van der Waals surface area contributed by atoms with E-state index in [4.69, 9.17) is 5.73 Å². The fraction of sp³-hybridized carbons (Fsp3) is 0.727. The lowest BCUT2D eigenvalue weighted by atomic mass is 10.1. The molecule has 0 aromatic carbocycles. The van der Waals surface area contributed by atoms with Crippen LogP contribution in [0.1, 0.15) is 30.9 Å². The van der Waals surface area contributed by atoms with E-state index in [0.717, 1.165) is 25.1 Å². The predicted octanol–water partition coefficient (Wildman–Crippen LogP) is 0.199. The summed E-state index contributed by atoms with van der Waals surface area (Å²) in [6.07, 6.45) is 2.65. The fourth-order valence-corrected chi connectivity index (χ4v) is 2.30. The van der Waals surface area contributed by atoms with Crippen LogP contribution in [-0.4, -0.2) is 39.1 Å². The van der Waals surface area contributed by atoms with Gasteiger partial charge < -0.3 is 10.6 Å². The van der Waals surface area contributed by atoms with Crippen molar-refractivity contribution in [2.24, 2.45) is 11.7 Å². The number of hydrogen-bond donors (Lipinski definition) is 2. The van der Waals surface area contributed by atoms with E-state index in [0.29, 0.717) is 12.4 Å². The van der Waals surface area contributed by atoms with E-state index in [9.17, 15) is 4.79 Å². The molecule has 0 bridgehead atoms. The van der Waals surface area contributed by atoms with E-state index in [1.807, 2.05) is 6.92 Å². The highest BCUT2D eigenvalue weighted by Gasteiger charge is 2.30. The zero-order valence-electron chi connectivity index (χ0n) is 10.3. The van der Waals surface area contributed by atoms with Gasteiger partial charge in [-0.2, -0.15) is 5.10 Å². The van der Waals surface area contributed by atoms with Gasteiger partial charge in [0.25, 0.3) is 0 Å². The molecule has 0 spiro atoms. The first kappa shape index (κ1) is 12.0. The molecular formula is C11H19N5O. The molecule has 3 N–H and O–H groups in total. The number of carbonyl (C=O) groups is 1. The predicted molar refractivity (Wildman–Crippen MR) is 62.9 cm³/mol. The standard InChI is InChI=1S/C11H19N5O/c1-7-13-10(15-14-7)6-16(2)11(17)8-3-4-9(12)5-8/h8-9H,3-6,12H2,1-2H3,(H,13,14,15). The van der Waals surface area contributed by atoms with Gasteiger partial charge in [-0.1, -0.05) is 0 Å². The Morgan fingerprint density at radius 2 is 2.35 bits per heavy atom. The van der Waals surface area contributed by atoms with Crippen molar-refractivity contribution in [2.75, 3.05) is 7.05 Å². The molecule has 1 aromatic heterocycles. The summed E-state index contributed by atoms with van der Waals surface area (Å²) in [7, 11) is 1.79. The Bertz CT molecular complexity index is 402. The zero-order valence-corrected chi connectivity index (χ0v) is 10.3. The molecular weight excluding hydrogens is 218 g/mol. The number of nitrogens with one attached hydrogen (secondary N) is 1. The van der Waals surface area contributed by atoms with Crippen molar-refractivity contribution in [1.82, 2.24) is 20.1 Å². The van der Waals surface area contributed by atoms with Gasteiger partial charge in [0.2, 0.25) is 5.91 Å². The highest BCUT2D eigenvalue weighted by atomic mass is 16.2. The first-order chi connectivity index (χ1) is 8.06. The summed E-state index contributed by atoms with van der Waals surface area (Å²) in [4.78, 5) is 18.0. The summed E-state index contributed by atoms with van der Waals surface area (Å²) in [6.45, 7) is 2.29. The number of rotatable bonds is 3. The maximum atomic E-state index is 12.1. The highest BCUT2D eigenvalue weighted by molar-refractivity contribution is 5.78. The van der Waals surface area contributed by atoms with Gasteiger partial charge in [0.05, 0.1) is 6.54 Å². The van der Waals surface area contributed by atoms with Gasteiger partial charge >= 0.3 is 0 Å². The SMILES string of the molecule is Cc1nc(CN(C)C(=O)C2CCC(N)C2)n[nH]1. The summed E-state index contributed by atoms with van der Waals surface area (Å²) in [5.41, 5.74) is 5.82. The maximum absolute atomic E-state index is 12.1. The molecule has 6 heteroatoms. The molecule has 0 radical (unpaired) electrons. The molecule has 0 saturated heterocycles. The second-order valence-electron chi connectivity index (χ2n) is 4.80. The summed E-state index contributed by atoms with van der Waals surface area (Å²) in [6, 6.07) is 0.183. The lowest BCUT2D eigenvalue weighted by Crippen LogP contribution is -2.32. The normalized spacial score (nSPS) is 23.9. The molecule has 2 unspecified atom stereocenters. The second kappa shape index (κ2) is 4.83. The van der Waals surface area contributed by atoms with Crippen molar-refractivity contribution in [3.63, 3.8) is 0 Å². The van der Waals surface area contributed by atoms with Crippen molar-refractivity contribution < 1.29 is 4.79 Å². The number of amides is 1. The van der Waals surface area contributed by atoms with Crippen LogP contribution in [0.3, 0.4) is 0 Å². The van der Waals surface area contributed by atoms with Crippen molar-refractivity contribution in [2.45, 2.75) is 38.8 Å². The van der Waals surface area contributed by atoms with E-state index in [-0.39, 0.29) is 17.9 Å². The molecule has 1 aliphatic rings. The van der Waals surface area contributed by atoms with Crippen LogP contribution < -0.4 is 5.73 Å². The summed E-state index contributed by atoms with van der Waals surface area (Å²) >= 11 is 0. The van der Waals surface area contributed by atoms with Gasteiger partial charge in [0.1, 0.15) is 5.82 Å². The lowest BCUT2D eigenvalue weighted by Gasteiger charge is -2.19. The summed E-state index contributed by atoms with van der Waals surface area (Å²) < 4.78 is 0. The molecule has 0 aliphatic heterocycles. The molecule has 17 heavy (non-hydrogen) atoms. The first-order valence-electron chi connectivity index (χ1n) is 5.94. The molecule has 2 atom stereocenters. The van der Waals surface area contributed by atoms with Crippen LogP contribution in [0.2, 0.25) is 0 Å². The number of carbonyl (C=O) groups excluding carboxylic acids is 1. The number of aryl methyl sites for hydroxylation is 1. The minimum absolute atomic E-state index is 0.0787. The van der Waals surface area contributed by atoms with Crippen molar-refractivity contribution in [3.05, 3.63) is 11.6 Å². The lowest BCUT2D eigenvalue weighted by molar-refractivity contribution is -0.134. The van der Waals surface area contributed by atoms with Gasteiger partial charge in [-0.15, -0.1) is 0 Å². The first-order valence-corrected chi connectivity index (χ1v) is 5.94. The number of nitrogens with zero attached hydrogens (tertiary/aromatic N) is 3. The Morgan fingerprint density at radius 3 is 2.88 bits per heavy atom. The largest absolute Gasteiger partial charge is 0.338 e. The van der Waals surface area contributed by atoms with Crippen LogP contribution in [0, 0.1) is 12.8 Å². The van der Waals surface area contributed by atoms with Crippen molar-refractivity contribution in [3.8, 4) is 0 Å². The molecule has 1 aliphatic carbocycles. The van der Waals surface area contributed by atoms with Crippen LogP contribution >= 0.6 is 0 Å². The van der Waals surface area contributed by atoms with Crippen molar-refractivity contribution in [1.29, 1.82) is 0 Å². The molecule has 1 heterocycles. The second-order valence-corrected chi connectivity index (χ2v) is 4.80. The molecule has 1 fully saturated rings. The maximum Gasteiger partial charge on any atom is 0.225 e. The molecule has 94 valence electrons. The number of nitrogens with two attached hydrogens (primary N) is 1. The van der Waals surface area contributed by atoms with E-state index in [1.54, 1.807) is 11.9 Å². The third-order valence-corrected chi connectivity index (χ3v) is 3.22. The van der Waals surface area contributed by atoms with Gasteiger partial charge in [0, 0.05) is 19.0 Å². The number of hydrogen-bond acceptors (Lipinski definition) is 4. The highest BCUT2D eigenvalue weighted by Crippen LogP contribution is 2.25. The van der Waals surface area contributed by atoms with E-state index < -0.39 is 0 Å². The topological polar surface area (TPSA) is 87.9 Å². The Labute approximate surface area is 101 Å². The third kappa shape index (κ3) is 2.82. The Balaban J connectivity index is 1.91. The smallest absolute Gasteiger partial charge is 0.225 e. The fourth-order valence-electron chi connectivity index (χ4n) is 2.30. The summed E-state index contributed by atoms with van der Waals surface area (Å²) in [5.74, 6) is 1.65. The van der Waals surface area contributed by atoms with Crippen molar-refractivity contribution >= 4 is 5.91 Å². The number of H-pyrrole nitrogens is 1. The van der Waals surface area contributed by atoms with Gasteiger partial charge in [-0.05, 0) is 26.2 Å². The molecule has 2 rings (SSSR count).